The SMILES string of the molecule is COC(=O)[C@@H](C#N)c1nc2ccccc2nc1N1CC[NH+](Cc2ccc3c(c2)OCO3)CC1. The van der Waals surface area contributed by atoms with Gasteiger partial charge in [0.25, 0.3) is 0 Å². The first-order valence-corrected chi connectivity index (χ1v) is 10.9. The summed E-state index contributed by atoms with van der Waals surface area (Å²) < 4.78 is 15.7. The average Bonchev–Trinajstić information content (AvgIpc) is 3.32. The van der Waals surface area contributed by atoms with E-state index >= 15 is 0 Å². The van der Waals surface area contributed by atoms with Crippen LogP contribution in [0.1, 0.15) is 17.2 Å². The molecule has 3 aromatic rings. The molecule has 2 aromatic carbocycles. The fraction of sp³-hybridized carbons (Fsp3) is 0.333. The number of nitriles is 1. The number of rotatable bonds is 5. The first-order valence-electron chi connectivity index (χ1n) is 10.9. The van der Waals surface area contributed by atoms with E-state index in [1.165, 1.54) is 17.6 Å². The van der Waals surface area contributed by atoms with Gasteiger partial charge in [0.15, 0.2) is 23.2 Å². The van der Waals surface area contributed by atoms with Crippen LogP contribution in [0, 0.1) is 11.3 Å². The largest absolute Gasteiger partial charge is 0.468 e. The number of hydrogen-bond acceptors (Lipinski definition) is 8. The molecule has 1 saturated heterocycles. The summed E-state index contributed by atoms with van der Waals surface area (Å²) in [6.07, 6.45) is 0. The standard InChI is InChI=1S/C24H23N5O4/c1-31-24(30)17(13-25)22-23(27-19-5-3-2-4-18(19)26-22)29-10-8-28(9-11-29)14-16-6-7-20-21(12-16)33-15-32-20/h2-7,12,17H,8-11,14-15H2,1H3/p+1/t17-/m0/s1. The summed E-state index contributed by atoms with van der Waals surface area (Å²) in [4.78, 5) is 25.3. The van der Waals surface area contributed by atoms with Crippen LogP contribution in [-0.4, -0.2) is 56.0 Å². The summed E-state index contributed by atoms with van der Waals surface area (Å²) in [6, 6.07) is 15.6. The van der Waals surface area contributed by atoms with Gasteiger partial charge in [-0.15, -0.1) is 0 Å². The first kappa shape index (κ1) is 21.0. The van der Waals surface area contributed by atoms with Crippen molar-refractivity contribution in [3.63, 3.8) is 0 Å². The van der Waals surface area contributed by atoms with Crippen molar-refractivity contribution in [2.24, 2.45) is 0 Å². The van der Waals surface area contributed by atoms with Gasteiger partial charge in [-0.05, 0) is 30.3 Å². The van der Waals surface area contributed by atoms with Gasteiger partial charge in [-0.25, -0.2) is 9.97 Å². The van der Waals surface area contributed by atoms with E-state index in [2.05, 4.69) is 16.0 Å². The van der Waals surface area contributed by atoms with Crippen molar-refractivity contribution in [3.05, 3.63) is 53.7 Å². The minimum atomic E-state index is -1.12. The van der Waals surface area contributed by atoms with Crippen LogP contribution in [0.25, 0.3) is 11.0 Å². The molecule has 0 radical (unpaired) electrons. The fourth-order valence-corrected chi connectivity index (χ4v) is 4.33. The number of hydrogen-bond donors (Lipinski definition) is 1. The van der Waals surface area contributed by atoms with Gasteiger partial charge in [0.1, 0.15) is 12.2 Å². The predicted octanol–water partition coefficient (Wildman–Crippen LogP) is 1.04. The van der Waals surface area contributed by atoms with Gasteiger partial charge in [0.05, 0.1) is 50.4 Å². The normalized spacial score (nSPS) is 16.4. The van der Waals surface area contributed by atoms with Crippen LogP contribution in [0.4, 0.5) is 5.82 Å². The molecule has 3 heterocycles. The lowest BCUT2D eigenvalue weighted by Gasteiger charge is -2.34. The summed E-state index contributed by atoms with van der Waals surface area (Å²) in [5, 5.41) is 9.69. The van der Waals surface area contributed by atoms with Gasteiger partial charge in [0.2, 0.25) is 6.79 Å². The van der Waals surface area contributed by atoms with E-state index in [1.807, 2.05) is 42.5 Å². The topological polar surface area (TPSA) is 102 Å². The van der Waals surface area contributed by atoms with Crippen LogP contribution in [0.2, 0.25) is 0 Å². The van der Waals surface area contributed by atoms with Crippen LogP contribution in [0.15, 0.2) is 42.5 Å². The maximum absolute atomic E-state index is 12.3. The molecule has 1 N–H and O–H groups in total. The Balaban J connectivity index is 1.36. The highest BCUT2D eigenvalue weighted by Gasteiger charge is 2.31. The summed E-state index contributed by atoms with van der Waals surface area (Å²) in [6.45, 7) is 4.40. The molecule has 9 heteroatoms. The Morgan fingerprint density at radius 3 is 2.61 bits per heavy atom. The monoisotopic (exact) mass is 446 g/mol. The molecular weight excluding hydrogens is 422 g/mol. The predicted molar refractivity (Wildman–Crippen MR) is 119 cm³/mol. The van der Waals surface area contributed by atoms with Crippen LogP contribution < -0.4 is 19.3 Å². The van der Waals surface area contributed by atoms with Crippen LogP contribution >= 0.6 is 0 Å². The third-order valence-electron chi connectivity index (χ3n) is 6.08. The lowest BCUT2D eigenvalue weighted by Crippen LogP contribution is -3.13. The molecule has 0 aliphatic carbocycles. The van der Waals surface area contributed by atoms with E-state index in [-0.39, 0.29) is 6.79 Å². The van der Waals surface area contributed by atoms with E-state index in [1.54, 1.807) is 0 Å². The molecule has 33 heavy (non-hydrogen) atoms. The lowest BCUT2D eigenvalue weighted by atomic mass is 10.1. The van der Waals surface area contributed by atoms with Crippen molar-refractivity contribution in [2.45, 2.75) is 12.5 Å². The molecule has 5 rings (SSSR count). The maximum Gasteiger partial charge on any atom is 0.329 e. The molecule has 0 bridgehead atoms. The molecule has 168 valence electrons. The highest BCUT2D eigenvalue weighted by Crippen LogP contribution is 2.32. The van der Waals surface area contributed by atoms with Gasteiger partial charge in [-0.3, -0.25) is 4.79 Å². The van der Waals surface area contributed by atoms with Gasteiger partial charge in [-0.1, -0.05) is 12.1 Å². The minimum Gasteiger partial charge on any atom is -0.468 e. The first-order chi connectivity index (χ1) is 16.2. The molecule has 0 saturated carbocycles. The Labute approximate surface area is 191 Å². The maximum atomic E-state index is 12.3. The zero-order valence-corrected chi connectivity index (χ0v) is 18.3. The van der Waals surface area contributed by atoms with Crippen molar-refractivity contribution >= 4 is 22.8 Å². The highest BCUT2D eigenvalue weighted by atomic mass is 16.7. The van der Waals surface area contributed by atoms with E-state index in [4.69, 9.17) is 19.2 Å². The number of benzene rings is 2. The van der Waals surface area contributed by atoms with Gasteiger partial charge < -0.3 is 24.0 Å². The Morgan fingerprint density at radius 2 is 1.88 bits per heavy atom. The molecule has 1 aromatic heterocycles. The molecule has 1 fully saturated rings. The third kappa shape index (κ3) is 4.13. The highest BCUT2D eigenvalue weighted by molar-refractivity contribution is 5.85. The second kappa shape index (κ2) is 8.92. The quantitative estimate of drug-likeness (QED) is 0.580. The molecule has 0 amide bonds. The van der Waals surface area contributed by atoms with Crippen molar-refractivity contribution in [2.75, 3.05) is 45.0 Å². The summed E-state index contributed by atoms with van der Waals surface area (Å²) >= 11 is 0. The average molecular weight is 446 g/mol. The van der Waals surface area contributed by atoms with Crippen LogP contribution in [0.5, 0.6) is 11.5 Å². The number of ether oxygens (including phenoxy) is 3. The Bertz CT molecular complexity index is 1230. The van der Waals surface area contributed by atoms with Crippen molar-refractivity contribution in [3.8, 4) is 17.6 Å². The Hall–Kier alpha value is -3.90. The van der Waals surface area contributed by atoms with Crippen LogP contribution in [-0.2, 0) is 16.1 Å². The minimum absolute atomic E-state index is 0.273. The van der Waals surface area contributed by atoms with E-state index in [9.17, 15) is 10.1 Å². The van der Waals surface area contributed by atoms with Crippen molar-refractivity contribution < 1.29 is 23.9 Å². The molecule has 2 aliphatic rings. The van der Waals surface area contributed by atoms with Crippen molar-refractivity contribution in [1.29, 1.82) is 5.26 Å². The number of carbonyl (C=O) groups excluding carboxylic acids is 1. The smallest absolute Gasteiger partial charge is 0.329 e. The number of nitrogens with zero attached hydrogens (tertiary/aromatic N) is 4. The van der Waals surface area contributed by atoms with E-state index in [0.717, 1.165) is 49.7 Å². The molecular formula is C24H24N5O4+. The Morgan fingerprint density at radius 1 is 1.15 bits per heavy atom. The number of para-hydroxylation sites is 2. The number of esters is 1. The molecule has 9 nitrogen and oxygen atoms in total. The van der Waals surface area contributed by atoms with E-state index in [0.29, 0.717) is 17.0 Å². The number of piperazine rings is 1. The molecule has 0 unspecified atom stereocenters. The fourth-order valence-electron chi connectivity index (χ4n) is 4.33. The third-order valence-corrected chi connectivity index (χ3v) is 6.08. The molecule has 0 spiro atoms. The van der Waals surface area contributed by atoms with Gasteiger partial charge >= 0.3 is 5.97 Å². The van der Waals surface area contributed by atoms with Crippen molar-refractivity contribution in [1.82, 2.24) is 9.97 Å². The number of nitrogens with one attached hydrogen (secondary N) is 1. The van der Waals surface area contributed by atoms with Gasteiger partial charge in [-0.2, -0.15) is 5.26 Å². The number of fused-ring (bicyclic) bond motifs is 2. The number of anilines is 1. The second-order valence-corrected chi connectivity index (χ2v) is 8.11. The number of quaternary nitrogens is 1. The van der Waals surface area contributed by atoms with Gasteiger partial charge in [0, 0.05) is 5.56 Å². The number of carbonyl (C=O) groups is 1. The molecule has 2 aliphatic heterocycles. The van der Waals surface area contributed by atoms with Crippen LogP contribution in [0.3, 0.4) is 0 Å². The summed E-state index contributed by atoms with van der Waals surface area (Å²) in [5.74, 6) is 0.412. The number of methoxy groups -OCH3 is 1. The lowest BCUT2D eigenvalue weighted by molar-refractivity contribution is -0.914. The summed E-state index contributed by atoms with van der Waals surface area (Å²) in [5.41, 5.74) is 2.92. The zero-order chi connectivity index (χ0) is 22.8. The summed E-state index contributed by atoms with van der Waals surface area (Å²) in [7, 11) is 1.28. The second-order valence-electron chi connectivity index (χ2n) is 8.11. The Kier molecular flexibility index (Phi) is 5.67. The molecule has 1 atom stereocenters. The number of aromatic nitrogens is 2. The van der Waals surface area contributed by atoms with E-state index < -0.39 is 11.9 Å². The zero-order valence-electron chi connectivity index (χ0n) is 18.3.